The highest BCUT2D eigenvalue weighted by Gasteiger charge is 2.21. The Bertz CT molecular complexity index is 362. The number of rotatable bonds is 2. The topological polar surface area (TPSA) is 42.1 Å². The van der Waals surface area contributed by atoms with Gasteiger partial charge in [0, 0.05) is 30.4 Å². The van der Waals surface area contributed by atoms with Crippen LogP contribution in [-0.2, 0) is 0 Å². The predicted octanol–water partition coefficient (Wildman–Crippen LogP) is 2.87. The van der Waals surface area contributed by atoms with Gasteiger partial charge >= 0.3 is 0 Å². The van der Waals surface area contributed by atoms with E-state index >= 15 is 0 Å². The molecule has 0 saturated carbocycles. The molecule has 1 aliphatic rings. The first kappa shape index (κ1) is 12.4. The lowest BCUT2D eigenvalue weighted by atomic mass is 10.1. The summed E-state index contributed by atoms with van der Waals surface area (Å²) in [6, 6.07) is 4.70. The summed E-state index contributed by atoms with van der Waals surface area (Å²) in [6.07, 6.45) is 7.06. The Morgan fingerprint density at radius 3 is 3.00 bits per heavy atom. The molecule has 0 bridgehead atoms. The first-order valence-corrected chi connectivity index (χ1v) is 6.67. The molecule has 17 heavy (non-hydrogen) atoms. The highest BCUT2D eigenvalue weighted by Crippen LogP contribution is 2.27. The minimum atomic E-state index is 0.0501. The SMILES string of the molecule is CC(N)c1cccnc1N1CCCCCC1C. The van der Waals surface area contributed by atoms with Crippen molar-refractivity contribution in [1.29, 1.82) is 0 Å². The van der Waals surface area contributed by atoms with Crippen LogP contribution in [0.25, 0.3) is 0 Å². The molecular weight excluding hydrogens is 210 g/mol. The second-order valence-electron chi connectivity index (χ2n) is 5.10. The number of hydrogen-bond donors (Lipinski definition) is 1. The van der Waals surface area contributed by atoms with Crippen molar-refractivity contribution in [3.63, 3.8) is 0 Å². The van der Waals surface area contributed by atoms with Gasteiger partial charge in [-0.15, -0.1) is 0 Å². The Morgan fingerprint density at radius 2 is 2.24 bits per heavy atom. The summed E-state index contributed by atoms with van der Waals surface area (Å²) in [5.74, 6) is 1.09. The smallest absolute Gasteiger partial charge is 0.133 e. The Labute approximate surface area is 104 Å². The molecule has 1 aromatic heterocycles. The number of nitrogens with zero attached hydrogens (tertiary/aromatic N) is 2. The molecule has 1 aromatic rings. The second-order valence-corrected chi connectivity index (χ2v) is 5.10. The van der Waals surface area contributed by atoms with E-state index in [0.29, 0.717) is 6.04 Å². The third-order valence-electron chi connectivity index (χ3n) is 3.63. The lowest BCUT2D eigenvalue weighted by molar-refractivity contribution is 0.606. The first-order chi connectivity index (χ1) is 8.20. The van der Waals surface area contributed by atoms with Crippen molar-refractivity contribution in [3.8, 4) is 0 Å². The standard InChI is InChI=1S/C14H23N3/c1-11-7-4-3-5-10-17(11)14-13(12(2)15)8-6-9-16-14/h6,8-9,11-12H,3-5,7,10,15H2,1-2H3. The van der Waals surface area contributed by atoms with Crippen LogP contribution in [0.4, 0.5) is 5.82 Å². The number of hydrogen-bond acceptors (Lipinski definition) is 3. The monoisotopic (exact) mass is 233 g/mol. The zero-order chi connectivity index (χ0) is 12.3. The second kappa shape index (κ2) is 5.50. The van der Waals surface area contributed by atoms with Crippen molar-refractivity contribution in [2.45, 2.75) is 51.6 Å². The van der Waals surface area contributed by atoms with E-state index in [2.05, 4.69) is 22.9 Å². The summed E-state index contributed by atoms with van der Waals surface area (Å²) >= 11 is 0. The van der Waals surface area contributed by atoms with E-state index in [-0.39, 0.29) is 6.04 Å². The van der Waals surface area contributed by atoms with Gasteiger partial charge < -0.3 is 10.6 Å². The van der Waals surface area contributed by atoms with Gasteiger partial charge in [-0.1, -0.05) is 18.9 Å². The third-order valence-corrected chi connectivity index (χ3v) is 3.63. The highest BCUT2D eigenvalue weighted by atomic mass is 15.2. The molecule has 0 spiro atoms. The molecule has 0 radical (unpaired) electrons. The van der Waals surface area contributed by atoms with Gasteiger partial charge in [0.1, 0.15) is 5.82 Å². The Balaban J connectivity index is 2.30. The molecule has 0 amide bonds. The van der Waals surface area contributed by atoms with Crippen molar-refractivity contribution < 1.29 is 0 Å². The van der Waals surface area contributed by atoms with Crippen LogP contribution in [0.5, 0.6) is 0 Å². The van der Waals surface area contributed by atoms with E-state index in [1.54, 1.807) is 0 Å². The molecule has 0 aromatic carbocycles. The molecule has 0 aliphatic carbocycles. The van der Waals surface area contributed by atoms with Crippen LogP contribution in [0.2, 0.25) is 0 Å². The zero-order valence-corrected chi connectivity index (χ0v) is 10.9. The van der Waals surface area contributed by atoms with Gasteiger partial charge in [-0.3, -0.25) is 0 Å². The number of anilines is 1. The molecule has 2 unspecified atom stereocenters. The van der Waals surface area contributed by atoms with Gasteiger partial charge in [-0.05, 0) is 32.8 Å². The fourth-order valence-electron chi connectivity index (χ4n) is 2.59. The van der Waals surface area contributed by atoms with Crippen molar-refractivity contribution in [1.82, 2.24) is 4.98 Å². The fraction of sp³-hybridized carbons (Fsp3) is 0.643. The summed E-state index contributed by atoms with van der Waals surface area (Å²) in [4.78, 5) is 7.00. The Kier molecular flexibility index (Phi) is 4.00. The van der Waals surface area contributed by atoms with Crippen molar-refractivity contribution in [3.05, 3.63) is 23.9 Å². The minimum Gasteiger partial charge on any atom is -0.354 e. The Hall–Kier alpha value is -1.09. The van der Waals surface area contributed by atoms with E-state index in [4.69, 9.17) is 5.73 Å². The molecule has 3 nitrogen and oxygen atoms in total. The van der Waals surface area contributed by atoms with Gasteiger partial charge in [0.2, 0.25) is 0 Å². The quantitative estimate of drug-likeness (QED) is 0.854. The van der Waals surface area contributed by atoms with Crippen LogP contribution in [0.15, 0.2) is 18.3 Å². The van der Waals surface area contributed by atoms with Crippen molar-refractivity contribution in [2.75, 3.05) is 11.4 Å². The summed E-state index contributed by atoms with van der Waals surface area (Å²) in [7, 11) is 0. The molecular formula is C14H23N3. The average molecular weight is 233 g/mol. The highest BCUT2D eigenvalue weighted by molar-refractivity contribution is 5.49. The molecule has 2 rings (SSSR count). The first-order valence-electron chi connectivity index (χ1n) is 6.67. The van der Waals surface area contributed by atoms with Gasteiger partial charge in [-0.2, -0.15) is 0 Å². The molecule has 2 N–H and O–H groups in total. The summed E-state index contributed by atoms with van der Waals surface area (Å²) in [5, 5.41) is 0. The fourth-order valence-corrected chi connectivity index (χ4v) is 2.59. The maximum absolute atomic E-state index is 6.04. The van der Waals surface area contributed by atoms with E-state index in [1.807, 2.05) is 19.2 Å². The lowest BCUT2D eigenvalue weighted by Gasteiger charge is -2.30. The summed E-state index contributed by atoms with van der Waals surface area (Å²) in [6.45, 7) is 5.44. The predicted molar refractivity (Wildman–Crippen MR) is 72.1 cm³/mol. The molecule has 2 atom stereocenters. The van der Waals surface area contributed by atoms with E-state index in [0.717, 1.165) is 12.4 Å². The number of aromatic nitrogens is 1. The normalized spacial score (nSPS) is 23.2. The molecule has 2 heterocycles. The summed E-state index contributed by atoms with van der Waals surface area (Å²) in [5.41, 5.74) is 7.21. The average Bonchev–Trinajstić information content (AvgIpc) is 2.54. The molecule has 1 aliphatic heterocycles. The minimum absolute atomic E-state index is 0.0501. The lowest BCUT2D eigenvalue weighted by Crippen LogP contribution is -2.34. The molecule has 1 fully saturated rings. The van der Waals surface area contributed by atoms with Gasteiger partial charge in [0.25, 0.3) is 0 Å². The van der Waals surface area contributed by atoms with Crippen LogP contribution in [-0.4, -0.2) is 17.6 Å². The maximum atomic E-state index is 6.04. The van der Waals surface area contributed by atoms with E-state index in [1.165, 1.54) is 31.2 Å². The van der Waals surface area contributed by atoms with Crippen LogP contribution < -0.4 is 10.6 Å². The van der Waals surface area contributed by atoms with Crippen LogP contribution in [0.1, 0.15) is 51.1 Å². The maximum Gasteiger partial charge on any atom is 0.133 e. The van der Waals surface area contributed by atoms with Crippen LogP contribution in [0, 0.1) is 0 Å². The molecule has 1 saturated heterocycles. The number of nitrogens with two attached hydrogens (primary N) is 1. The Morgan fingerprint density at radius 1 is 1.41 bits per heavy atom. The van der Waals surface area contributed by atoms with E-state index in [9.17, 15) is 0 Å². The van der Waals surface area contributed by atoms with Crippen LogP contribution in [0.3, 0.4) is 0 Å². The third kappa shape index (κ3) is 2.78. The van der Waals surface area contributed by atoms with Gasteiger partial charge in [0.15, 0.2) is 0 Å². The van der Waals surface area contributed by atoms with Crippen molar-refractivity contribution >= 4 is 5.82 Å². The van der Waals surface area contributed by atoms with Crippen LogP contribution >= 0.6 is 0 Å². The van der Waals surface area contributed by atoms with Gasteiger partial charge in [-0.25, -0.2) is 4.98 Å². The van der Waals surface area contributed by atoms with Crippen molar-refractivity contribution in [2.24, 2.45) is 5.73 Å². The molecule has 3 heteroatoms. The summed E-state index contributed by atoms with van der Waals surface area (Å²) < 4.78 is 0. The zero-order valence-electron chi connectivity index (χ0n) is 10.9. The number of pyridine rings is 1. The molecule has 94 valence electrons. The van der Waals surface area contributed by atoms with Gasteiger partial charge in [0.05, 0.1) is 0 Å². The van der Waals surface area contributed by atoms with E-state index < -0.39 is 0 Å². The largest absolute Gasteiger partial charge is 0.354 e.